The molecule has 0 spiro atoms. The molecule has 0 aliphatic rings. The predicted octanol–water partition coefficient (Wildman–Crippen LogP) is 4.58. The molecule has 1 aromatic rings. The largest absolute Gasteiger partial charge is 0.384 e. The van der Waals surface area contributed by atoms with Gasteiger partial charge in [-0.15, -0.1) is 12.3 Å². The molecule has 0 heterocycles. The molecule has 0 saturated carbocycles. The number of nitrogens with one attached hydrogen (secondary N) is 1. The van der Waals surface area contributed by atoms with Crippen molar-refractivity contribution in [3.8, 4) is 12.3 Å². The van der Waals surface area contributed by atoms with Crippen LogP contribution in [0.25, 0.3) is 0 Å². The van der Waals surface area contributed by atoms with Crippen LogP contribution in [-0.4, -0.2) is 6.54 Å². The minimum atomic E-state index is 0.526. The molecule has 0 amide bonds. The predicted molar refractivity (Wildman–Crippen MR) is 70.7 cm³/mol. The molecule has 15 heavy (non-hydrogen) atoms. The van der Waals surface area contributed by atoms with E-state index in [2.05, 4.69) is 27.2 Å². The number of hydrogen-bond acceptors (Lipinski definition) is 1. The summed E-state index contributed by atoms with van der Waals surface area (Å²) in [4.78, 5) is 0. The summed E-state index contributed by atoms with van der Waals surface area (Å²) in [6.45, 7) is 0.794. The molecule has 0 bridgehead atoms. The highest BCUT2D eigenvalue weighted by Gasteiger charge is 2.07. The fourth-order valence-corrected chi connectivity index (χ4v) is 1.92. The molecule has 0 unspecified atom stereocenters. The van der Waals surface area contributed by atoms with Crippen molar-refractivity contribution < 1.29 is 0 Å². The van der Waals surface area contributed by atoms with Crippen LogP contribution in [0.4, 0.5) is 5.69 Å². The minimum absolute atomic E-state index is 0.526. The first-order chi connectivity index (χ1) is 7.16. The zero-order valence-electron chi connectivity index (χ0n) is 7.99. The van der Waals surface area contributed by atoms with Crippen molar-refractivity contribution in [1.82, 2.24) is 0 Å². The van der Waals surface area contributed by atoms with Crippen LogP contribution in [-0.2, 0) is 0 Å². The van der Waals surface area contributed by atoms with Crippen molar-refractivity contribution in [2.45, 2.75) is 12.8 Å². The third kappa shape index (κ3) is 3.61. The maximum atomic E-state index is 6.05. The van der Waals surface area contributed by atoms with E-state index in [9.17, 15) is 0 Å². The summed E-state index contributed by atoms with van der Waals surface area (Å²) < 4.78 is 0.795. The van der Waals surface area contributed by atoms with E-state index < -0.39 is 0 Å². The lowest BCUT2D eigenvalue weighted by Crippen LogP contribution is -2.01. The molecule has 0 aliphatic heterocycles. The van der Waals surface area contributed by atoms with Crippen LogP contribution in [0.3, 0.4) is 0 Å². The second-order valence-corrected chi connectivity index (χ2v) is 4.57. The quantitative estimate of drug-likeness (QED) is 0.488. The molecule has 0 aliphatic carbocycles. The molecule has 1 rings (SSSR count). The van der Waals surface area contributed by atoms with Gasteiger partial charge in [-0.25, -0.2) is 0 Å². The Kier molecular flexibility index (Phi) is 5.31. The van der Waals surface area contributed by atoms with Gasteiger partial charge in [0.05, 0.1) is 15.7 Å². The molecule has 0 saturated heterocycles. The van der Waals surface area contributed by atoms with Gasteiger partial charge in [0.25, 0.3) is 0 Å². The number of anilines is 1. The Morgan fingerprint density at radius 3 is 2.73 bits per heavy atom. The molecular formula is C11H10BrCl2N. The highest BCUT2D eigenvalue weighted by atomic mass is 79.9. The molecule has 1 aromatic carbocycles. The summed E-state index contributed by atoms with van der Waals surface area (Å²) in [5.41, 5.74) is 0.835. The molecule has 0 aromatic heterocycles. The smallest absolute Gasteiger partial charge is 0.0835 e. The van der Waals surface area contributed by atoms with Crippen molar-refractivity contribution in [3.05, 3.63) is 26.7 Å². The van der Waals surface area contributed by atoms with Crippen molar-refractivity contribution in [2.24, 2.45) is 0 Å². The lowest BCUT2D eigenvalue weighted by molar-refractivity contribution is 0.907. The number of benzene rings is 1. The van der Waals surface area contributed by atoms with Crippen molar-refractivity contribution in [2.75, 3.05) is 11.9 Å². The third-order valence-corrected chi connectivity index (χ3v) is 3.62. The van der Waals surface area contributed by atoms with E-state index in [1.165, 1.54) is 0 Å². The Morgan fingerprint density at radius 1 is 1.33 bits per heavy atom. The van der Waals surface area contributed by atoms with Crippen LogP contribution in [0.1, 0.15) is 12.8 Å². The van der Waals surface area contributed by atoms with Crippen molar-refractivity contribution in [3.63, 3.8) is 0 Å². The number of halogens is 3. The Morgan fingerprint density at radius 2 is 2.07 bits per heavy atom. The number of terminal acetylenes is 1. The first-order valence-corrected chi connectivity index (χ1v) is 6.02. The monoisotopic (exact) mass is 305 g/mol. The van der Waals surface area contributed by atoms with Crippen molar-refractivity contribution in [1.29, 1.82) is 0 Å². The zero-order valence-corrected chi connectivity index (χ0v) is 11.1. The van der Waals surface area contributed by atoms with Gasteiger partial charge in [-0.1, -0.05) is 23.2 Å². The molecule has 0 atom stereocenters. The minimum Gasteiger partial charge on any atom is -0.384 e. The number of hydrogen-bond donors (Lipinski definition) is 1. The zero-order chi connectivity index (χ0) is 11.3. The van der Waals surface area contributed by atoms with Crippen LogP contribution in [0, 0.1) is 12.3 Å². The second-order valence-electron chi connectivity index (χ2n) is 2.96. The highest BCUT2D eigenvalue weighted by molar-refractivity contribution is 9.10. The van der Waals surface area contributed by atoms with Crippen LogP contribution >= 0.6 is 39.1 Å². The van der Waals surface area contributed by atoms with E-state index in [1.807, 2.05) is 12.1 Å². The Balaban J connectivity index is 2.63. The fraction of sp³-hybridized carbons (Fsp3) is 0.273. The van der Waals surface area contributed by atoms with Gasteiger partial charge in [-0.05, 0) is 34.5 Å². The topological polar surface area (TPSA) is 12.0 Å². The molecule has 1 N–H and O–H groups in total. The van der Waals surface area contributed by atoms with Gasteiger partial charge in [-0.2, -0.15) is 0 Å². The van der Waals surface area contributed by atoms with Crippen LogP contribution in [0.2, 0.25) is 10.0 Å². The van der Waals surface area contributed by atoms with E-state index >= 15 is 0 Å². The Hall–Kier alpha value is -0.360. The van der Waals surface area contributed by atoms with Gasteiger partial charge < -0.3 is 5.32 Å². The lowest BCUT2D eigenvalue weighted by Gasteiger charge is -2.09. The summed E-state index contributed by atoms with van der Waals surface area (Å²) in [6.07, 6.45) is 6.83. The fourth-order valence-electron chi connectivity index (χ4n) is 1.08. The van der Waals surface area contributed by atoms with Gasteiger partial charge in [0.15, 0.2) is 0 Å². The van der Waals surface area contributed by atoms with Gasteiger partial charge in [-0.3, -0.25) is 0 Å². The first-order valence-electron chi connectivity index (χ1n) is 4.47. The number of rotatable bonds is 4. The first kappa shape index (κ1) is 12.7. The van der Waals surface area contributed by atoms with E-state index in [-0.39, 0.29) is 0 Å². The van der Waals surface area contributed by atoms with Gasteiger partial charge >= 0.3 is 0 Å². The Bertz CT molecular complexity index is 385. The summed E-state index contributed by atoms with van der Waals surface area (Å²) in [6, 6.07) is 3.74. The maximum absolute atomic E-state index is 6.05. The Labute approximate surface area is 108 Å². The van der Waals surface area contributed by atoms with Gasteiger partial charge in [0.1, 0.15) is 0 Å². The summed E-state index contributed by atoms with van der Waals surface area (Å²) in [7, 11) is 0. The van der Waals surface area contributed by atoms with Gasteiger partial charge in [0.2, 0.25) is 0 Å². The molecule has 1 nitrogen and oxygen atoms in total. The van der Waals surface area contributed by atoms with E-state index in [1.54, 1.807) is 0 Å². The van der Waals surface area contributed by atoms with Crippen LogP contribution < -0.4 is 5.32 Å². The summed E-state index contributed by atoms with van der Waals surface area (Å²) in [5, 5.41) is 4.24. The standard InChI is InChI=1S/C11H10BrCl2N/c1-2-3-4-7-15-9-6-5-8(12)10(13)11(9)14/h1,5-6,15H,3-4,7H2. The molecular weight excluding hydrogens is 297 g/mol. The normalized spacial score (nSPS) is 9.73. The van der Waals surface area contributed by atoms with Gasteiger partial charge in [0, 0.05) is 17.4 Å². The van der Waals surface area contributed by atoms with E-state index in [0.29, 0.717) is 10.0 Å². The van der Waals surface area contributed by atoms with Crippen LogP contribution in [0.15, 0.2) is 16.6 Å². The average molecular weight is 307 g/mol. The summed E-state index contributed by atoms with van der Waals surface area (Å²) in [5.74, 6) is 2.58. The van der Waals surface area contributed by atoms with E-state index in [0.717, 1.165) is 29.5 Å². The third-order valence-electron chi connectivity index (χ3n) is 1.85. The molecule has 80 valence electrons. The summed E-state index contributed by atoms with van der Waals surface area (Å²) >= 11 is 15.3. The highest BCUT2D eigenvalue weighted by Crippen LogP contribution is 2.35. The SMILES string of the molecule is C#CCCCNc1ccc(Br)c(Cl)c1Cl. The average Bonchev–Trinajstić information content (AvgIpc) is 2.24. The van der Waals surface area contributed by atoms with E-state index in [4.69, 9.17) is 29.6 Å². The second kappa shape index (κ2) is 6.27. The molecule has 0 radical (unpaired) electrons. The lowest BCUT2D eigenvalue weighted by atomic mass is 10.3. The van der Waals surface area contributed by atoms with Crippen molar-refractivity contribution >= 4 is 44.8 Å². The molecule has 0 fully saturated rings. The van der Waals surface area contributed by atoms with Crippen LogP contribution in [0.5, 0.6) is 0 Å². The maximum Gasteiger partial charge on any atom is 0.0835 e. The number of unbranched alkanes of at least 4 members (excludes halogenated alkanes) is 1. The molecule has 4 heteroatoms.